The first-order valence-electron chi connectivity index (χ1n) is 7.04. The highest BCUT2D eigenvalue weighted by molar-refractivity contribution is 5.95. The third kappa shape index (κ3) is 3.21. The number of carbonyl (C=O) groups excluding carboxylic acids is 2. The van der Waals surface area contributed by atoms with E-state index >= 15 is 0 Å². The van der Waals surface area contributed by atoms with E-state index < -0.39 is 11.9 Å². The Morgan fingerprint density at radius 1 is 1.09 bits per heavy atom. The highest BCUT2D eigenvalue weighted by Crippen LogP contribution is 2.10. The zero-order valence-electron chi connectivity index (χ0n) is 12.5. The number of amides is 1. The minimum absolute atomic E-state index is 0.0805. The zero-order chi connectivity index (χ0) is 16.4. The lowest BCUT2D eigenvalue weighted by molar-refractivity contribution is 0.0468. The van der Waals surface area contributed by atoms with Crippen LogP contribution in [-0.2, 0) is 11.3 Å². The van der Waals surface area contributed by atoms with Crippen molar-refractivity contribution in [2.75, 3.05) is 0 Å². The highest BCUT2D eigenvalue weighted by atomic mass is 16.5. The van der Waals surface area contributed by atoms with Crippen LogP contribution in [0.4, 0.5) is 0 Å². The Labute approximate surface area is 132 Å². The molecule has 0 aliphatic heterocycles. The fourth-order valence-corrected chi connectivity index (χ4v) is 2.22. The number of carbonyl (C=O) groups is 2. The molecule has 0 aliphatic rings. The summed E-state index contributed by atoms with van der Waals surface area (Å²) in [5.74, 6) is -1.01. The highest BCUT2D eigenvalue weighted by Gasteiger charge is 2.10. The second-order valence-corrected chi connectivity index (χ2v) is 5.22. The van der Waals surface area contributed by atoms with Gasteiger partial charge in [-0.3, -0.25) is 4.79 Å². The maximum Gasteiger partial charge on any atom is 0.338 e. The number of hydrogen-bond acceptors (Lipinski definition) is 4. The number of ether oxygens (including phenoxy) is 1. The number of fused-ring (bicyclic) bond motifs is 1. The van der Waals surface area contributed by atoms with Gasteiger partial charge < -0.3 is 14.9 Å². The van der Waals surface area contributed by atoms with E-state index in [2.05, 4.69) is 4.98 Å². The van der Waals surface area contributed by atoms with E-state index in [1.54, 1.807) is 0 Å². The molecular weight excluding hydrogens is 294 g/mol. The van der Waals surface area contributed by atoms with Crippen LogP contribution in [0.1, 0.15) is 32.0 Å². The van der Waals surface area contributed by atoms with E-state index in [4.69, 9.17) is 10.5 Å². The van der Waals surface area contributed by atoms with Gasteiger partial charge in [0.25, 0.3) is 0 Å². The van der Waals surface area contributed by atoms with Gasteiger partial charge in [0.15, 0.2) is 0 Å². The molecule has 0 unspecified atom stereocenters. The number of aryl methyl sites for hydroxylation is 1. The van der Waals surface area contributed by atoms with E-state index in [0.717, 1.165) is 11.2 Å². The number of pyridine rings is 1. The summed E-state index contributed by atoms with van der Waals surface area (Å²) in [6, 6.07) is 9.88. The first kappa shape index (κ1) is 14.8. The minimum atomic E-state index is -0.537. The van der Waals surface area contributed by atoms with Crippen molar-refractivity contribution in [1.82, 2.24) is 9.38 Å². The second kappa shape index (κ2) is 5.92. The summed E-state index contributed by atoms with van der Waals surface area (Å²) >= 11 is 0. The molecule has 0 bridgehead atoms. The first-order valence-corrected chi connectivity index (χ1v) is 7.04. The maximum absolute atomic E-state index is 12.0. The van der Waals surface area contributed by atoms with Crippen molar-refractivity contribution in [3.63, 3.8) is 0 Å². The molecule has 23 heavy (non-hydrogen) atoms. The molecule has 6 heteroatoms. The lowest BCUT2D eigenvalue weighted by atomic mass is 10.1. The van der Waals surface area contributed by atoms with Gasteiger partial charge in [0, 0.05) is 18.0 Å². The quantitative estimate of drug-likeness (QED) is 0.748. The molecule has 3 aromatic rings. The SMILES string of the molecule is Cc1ccc2nc(COC(=O)c3ccc(C(N)=O)cc3)cn2c1. The summed E-state index contributed by atoms with van der Waals surface area (Å²) in [6.45, 7) is 2.08. The maximum atomic E-state index is 12.0. The third-order valence-electron chi connectivity index (χ3n) is 3.41. The number of primary amides is 1. The van der Waals surface area contributed by atoms with Crippen LogP contribution in [0.15, 0.2) is 48.8 Å². The van der Waals surface area contributed by atoms with Crippen LogP contribution >= 0.6 is 0 Å². The first-order chi connectivity index (χ1) is 11.0. The zero-order valence-corrected chi connectivity index (χ0v) is 12.5. The summed E-state index contributed by atoms with van der Waals surface area (Å²) < 4.78 is 7.13. The van der Waals surface area contributed by atoms with Crippen LogP contribution in [0.5, 0.6) is 0 Å². The number of aromatic nitrogens is 2. The number of nitrogens with two attached hydrogens (primary N) is 1. The third-order valence-corrected chi connectivity index (χ3v) is 3.41. The fourth-order valence-electron chi connectivity index (χ4n) is 2.22. The van der Waals surface area contributed by atoms with Gasteiger partial charge in [-0.2, -0.15) is 0 Å². The van der Waals surface area contributed by atoms with E-state index in [1.165, 1.54) is 24.3 Å². The van der Waals surface area contributed by atoms with Crippen LogP contribution < -0.4 is 5.73 Å². The summed E-state index contributed by atoms with van der Waals surface area (Å²) in [7, 11) is 0. The van der Waals surface area contributed by atoms with Gasteiger partial charge in [0.2, 0.25) is 5.91 Å². The second-order valence-electron chi connectivity index (χ2n) is 5.22. The van der Waals surface area contributed by atoms with E-state index in [-0.39, 0.29) is 6.61 Å². The van der Waals surface area contributed by atoms with E-state index in [1.807, 2.05) is 35.9 Å². The van der Waals surface area contributed by atoms with Gasteiger partial charge in [-0.1, -0.05) is 6.07 Å². The van der Waals surface area contributed by atoms with Crippen LogP contribution in [0, 0.1) is 6.92 Å². The summed E-state index contributed by atoms with van der Waals surface area (Å²) in [6.07, 6.45) is 3.78. The molecule has 0 atom stereocenters. The van der Waals surface area contributed by atoms with E-state index in [9.17, 15) is 9.59 Å². The smallest absolute Gasteiger partial charge is 0.338 e. The van der Waals surface area contributed by atoms with Crippen LogP contribution in [0.3, 0.4) is 0 Å². The molecule has 2 N–H and O–H groups in total. The summed E-state index contributed by atoms with van der Waals surface area (Å²) in [4.78, 5) is 27.4. The van der Waals surface area contributed by atoms with Gasteiger partial charge in [-0.05, 0) is 42.8 Å². The topological polar surface area (TPSA) is 86.7 Å². The van der Waals surface area contributed by atoms with Crippen molar-refractivity contribution >= 4 is 17.5 Å². The molecule has 1 amide bonds. The lowest BCUT2D eigenvalue weighted by Gasteiger charge is -2.03. The Bertz CT molecular complexity index is 882. The van der Waals surface area contributed by atoms with Crippen LogP contribution in [0.25, 0.3) is 5.65 Å². The number of benzene rings is 1. The Morgan fingerprint density at radius 2 is 1.78 bits per heavy atom. The minimum Gasteiger partial charge on any atom is -0.456 e. The summed E-state index contributed by atoms with van der Waals surface area (Å²) in [5, 5.41) is 0. The molecule has 0 saturated heterocycles. The van der Waals surface area contributed by atoms with Gasteiger partial charge in [0.05, 0.1) is 11.3 Å². The predicted octanol–water partition coefficient (Wildman–Crippen LogP) is 2.10. The largest absolute Gasteiger partial charge is 0.456 e. The Morgan fingerprint density at radius 3 is 2.48 bits per heavy atom. The molecule has 1 aromatic carbocycles. The monoisotopic (exact) mass is 309 g/mol. The molecule has 116 valence electrons. The van der Waals surface area contributed by atoms with Crippen molar-refractivity contribution in [2.24, 2.45) is 5.73 Å². The normalized spacial score (nSPS) is 10.7. The van der Waals surface area contributed by atoms with Crippen molar-refractivity contribution in [3.05, 3.63) is 71.2 Å². The van der Waals surface area contributed by atoms with Crippen LogP contribution in [0.2, 0.25) is 0 Å². The number of hydrogen-bond donors (Lipinski definition) is 1. The van der Waals surface area contributed by atoms with Crippen molar-refractivity contribution in [3.8, 4) is 0 Å². The molecule has 6 nitrogen and oxygen atoms in total. The molecule has 0 fully saturated rings. The van der Waals surface area contributed by atoms with Crippen molar-refractivity contribution in [2.45, 2.75) is 13.5 Å². The fraction of sp³-hybridized carbons (Fsp3) is 0.118. The number of esters is 1. The Hall–Kier alpha value is -3.15. The van der Waals surface area contributed by atoms with Gasteiger partial charge in [-0.25, -0.2) is 9.78 Å². The number of rotatable bonds is 4. The average Bonchev–Trinajstić information content (AvgIpc) is 2.94. The molecular formula is C17H15N3O3. The van der Waals surface area contributed by atoms with Crippen molar-refractivity contribution in [1.29, 1.82) is 0 Å². The summed E-state index contributed by atoms with van der Waals surface area (Å²) in [5.41, 5.74) is 8.44. The van der Waals surface area contributed by atoms with Gasteiger partial charge in [-0.15, -0.1) is 0 Å². The van der Waals surface area contributed by atoms with E-state index in [0.29, 0.717) is 16.8 Å². The standard InChI is InChI=1S/C17H15N3O3/c1-11-2-7-15-19-14(9-20(15)8-11)10-23-17(22)13-5-3-12(4-6-13)16(18)21/h2-9H,10H2,1H3,(H2,18,21). The molecule has 0 radical (unpaired) electrons. The van der Waals surface area contributed by atoms with Gasteiger partial charge in [0.1, 0.15) is 12.3 Å². The number of nitrogens with zero attached hydrogens (tertiary/aromatic N) is 2. The molecule has 0 spiro atoms. The molecule has 0 saturated carbocycles. The molecule has 3 rings (SSSR count). The lowest BCUT2D eigenvalue weighted by Crippen LogP contribution is -2.11. The molecule has 2 heterocycles. The average molecular weight is 309 g/mol. The van der Waals surface area contributed by atoms with Crippen molar-refractivity contribution < 1.29 is 14.3 Å². The molecule has 0 aliphatic carbocycles. The van der Waals surface area contributed by atoms with Gasteiger partial charge >= 0.3 is 5.97 Å². The Kier molecular flexibility index (Phi) is 3.80. The van der Waals surface area contributed by atoms with Crippen LogP contribution in [-0.4, -0.2) is 21.3 Å². The number of imidazole rings is 1. The Balaban J connectivity index is 1.68. The predicted molar refractivity (Wildman–Crippen MR) is 84.0 cm³/mol. The molecule has 2 aromatic heterocycles.